The Kier molecular flexibility index (Phi) is 9.08. The monoisotopic (exact) mass is 292 g/mol. The van der Waals surface area contributed by atoms with E-state index in [1.807, 2.05) is 6.92 Å². The number of halogens is 2. The standard InChI is InChI=1S/C13H22Cl2OSi/c1-10(2)6-7-12(13(14)15)8-11(3)9-16-17(4)5/h11-13,17H,1,8-9H2,2-5H3. The zero-order chi connectivity index (χ0) is 13.4. The van der Waals surface area contributed by atoms with Gasteiger partial charge < -0.3 is 4.43 Å². The maximum atomic E-state index is 5.94. The second-order valence-electron chi connectivity index (χ2n) is 4.71. The fourth-order valence-electron chi connectivity index (χ4n) is 1.30. The summed E-state index contributed by atoms with van der Waals surface area (Å²) in [5.41, 5.74) is 0.836. The summed E-state index contributed by atoms with van der Waals surface area (Å²) in [6.45, 7) is 12.9. The molecule has 0 aliphatic rings. The van der Waals surface area contributed by atoms with Crippen LogP contribution in [0.3, 0.4) is 0 Å². The lowest BCUT2D eigenvalue weighted by Gasteiger charge is -2.18. The summed E-state index contributed by atoms with van der Waals surface area (Å²) in [5.74, 6) is 6.44. The fraction of sp³-hybridized carbons (Fsp3) is 0.692. The molecule has 0 aliphatic heterocycles. The lowest BCUT2D eigenvalue weighted by Crippen LogP contribution is -2.19. The molecule has 0 amide bonds. The summed E-state index contributed by atoms with van der Waals surface area (Å²) < 4.78 is 5.70. The number of allylic oxidation sites excluding steroid dienone is 1. The van der Waals surface area contributed by atoms with Crippen molar-refractivity contribution in [2.75, 3.05) is 6.61 Å². The van der Waals surface area contributed by atoms with Gasteiger partial charge in [-0.25, -0.2) is 0 Å². The van der Waals surface area contributed by atoms with Crippen molar-refractivity contribution in [2.45, 2.75) is 38.2 Å². The smallest absolute Gasteiger partial charge is 0.170 e. The van der Waals surface area contributed by atoms with Crippen molar-refractivity contribution < 1.29 is 4.43 Å². The van der Waals surface area contributed by atoms with Crippen molar-refractivity contribution in [1.29, 1.82) is 0 Å². The molecule has 0 spiro atoms. The van der Waals surface area contributed by atoms with E-state index in [4.69, 9.17) is 27.6 Å². The van der Waals surface area contributed by atoms with Gasteiger partial charge in [0, 0.05) is 6.61 Å². The van der Waals surface area contributed by atoms with E-state index in [9.17, 15) is 0 Å². The maximum absolute atomic E-state index is 5.94. The van der Waals surface area contributed by atoms with Gasteiger partial charge in [-0.3, -0.25) is 0 Å². The number of rotatable bonds is 6. The van der Waals surface area contributed by atoms with Crippen LogP contribution in [-0.4, -0.2) is 20.5 Å². The lowest BCUT2D eigenvalue weighted by molar-refractivity contribution is 0.247. The summed E-state index contributed by atoms with van der Waals surface area (Å²) >= 11 is 11.9. The highest BCUT2D eigenvalue weighted by atomic mass is 35.5. The zero-order valence-corrected chi connectivity index (χ0v) is 13.8. The Hall–Kier alpha value is 0.0569. The third-order valence-corrected chi connectivity index (χ3v) is 3.61. The van der Waals surface area contributed by atoms with Crippen LogP contribution in [0, 0.1) is 23.7 Å². The predicted octanol–water partition coefficient (Wildman–Crippen LogP) is 4.01. The molecule has 2 unspecified atom stereocenters. The van der Waals surface area contributed by atoms with E-state index in [-0.39, 0.29) is 5.92 Å². The van der Waals surface area contributed by atoms with Gasteiger partial charge in [0.2, 0.25) is 0 Å². The number of hydrogen-bond acceptors (Lipinski definition) is 1. The number of alkyl halides is 2. The fourth-order valence-corrected chi connectivity index (χ4v) is 2.34. The van der Waals surface area contributed by atoms with Crippen LogP contribution >= 0.6 is 23.2 Å². The lowest BCUT2D eigenvalue weighted by atomic mass is 9.98. The molecule has 0 aromatic heterocycles. The molecule has 0 radical (unpaired) electrons. The summed E-state index contributed by atoms with van der Waals surface area (Å²) in [7, 11) is -0.945. The van der Waals surface area contributed by atoms with E-state index >= 15 is 0 Å². The molecule has 17 heavy (non-hydrogen) atoms. The highest BCUT2D eigenvalue weighted by Gasteiger charge is 2.18. The number of hydrogen-bond donors (Lipinski definition) is 0. The van der Waals surface area contributed by atoms with E-state index in [0.717, 1.165) is 18.6 Å². The topological polar surface area (TPSA) is 9.23 Å². The molecule has 0 saturated carbocycles. The molecule has 0 bridgehead atoms. The highest BCUT2D eigenvalue weighted by molar-refractivity contribution is 6.48. The largest absolute Gasteiger partial charge is 0.420 e. The molecule has 1 nitrogen and oxygen atoms in total. The van der Waals surface area contributed by atoms with Gasteiger partial charge in [-0.15, -0.1) is 23.2 Å². The molecule has 0 aromatic carbocycles. The first-order valence-corrected chi connectivity index (χ1v) is 9.55. The van der Waals surface area contributed by atoms with E-state index in [0.29, 0.717) is 5.92 Å². The molecular weight excluding hydrogens is 271 g/mol. The second kappa shape index (κ2) is 9.05. The molecule has 0 aliphatic carbocycles. The van der Waals surface area contributed by atoms with E-state index in [1.54, 1.807) is 0 Å². The first-order valence-electron chi connectivity index (χ1n) is 5.89. The SMILES string of the molecule is C=C(C)C#CC(CC(C)CO[SiH](C)C)C(Cl)Cl. The van der Waals surface area contributed by atoms with Crippen molar-refractivity contribution in [3.63, 3.8) is 0 Å². The Labute approximate surface area is 117 Å². The minimum absolute atomic E-state index is 0.0116. The Morgan fingerprint density at radius 2 is 2.00 bits per heavy atom. The third kappa shape index (κ3) is 9.73. The van der Waals surface area contributed by atoms with Crippen molar-refractivity contribution in [3.8, 4) is 11.8 Å². The summed E-state index contributed by atoms with van der Waals surface area (Å²) in [6.07, 6.45) is 0.860. The van der Waals surface area contributed by atoms with Gasteiger partial charge in [0.1, 0.15) is 4.84 Å². The minimum atomic E-state index is -0.945. The van der Waals surface area contributed by atoms with Gasteiger partial charge in [-0.2, -0.15) is 0 Å². The van der Waals surface area contributed by atoms with Crippen LogP contribution in [0.4, 0.5) is 0 Å². The van der Waals surface area contributed by atoms with Crippen LogP contribution in [0.1, 0.15) is 20.3 Å². The van der Waals surface area contributed by atoms with Crippen molar-refractivity contribution in [1.82, 2.24) is 0 Å². The van der Waals surface area contributed by atoms with Gasteiger partial charge >= 0.3 is 0 Å². The molecule has 0 aromatic rings. The van der Waals surface area contributed by atoms with Gasteiger partial charge in [0.15, 0.2) is 9.04 Å². The van der Waals surface area contributed by atoms with Crippen LogP contribution < -0.4 is 0 Å². The Morgan fingerprint density at radius 1 is 1.41 bits per heavy atom. The first kappa shape index (κ1) is 17.1. The molecule has 0 heterocycles. The van der Waals surface area contributed by atoms with Gasteiger partial charge in [-0.05, 0) is 37.9 Å². The predicted molar refractivity (Wildman–Crippen MR) is 80.2 cm³/mol. The van der Waals surface area contributed by atoms with Crippen LogP contribution in [0.25, 0.3) is 0 Å². The normalized spacial score (nSPS) is 14.4. The summed E-state index contributed by atoms with van der Waals surface area (Å²) in [6, 6.07) is 0. The average Bonchev–Trinajstić information content (AvgIpc) is 2.20. The second-order valence-corrected chi connectivity index (χ2v) is 8.31. The van der Waals surface area contributed by atoms with Gasteiger partial charge in [0.25, 0.3) is 0 Å². The van der Waals surface area contributed by atoms with Crippen molar-refractivity contribution >= 4 is 32.2 Å². The summed E-state index contributed by atoms with van der Waals surface area (Å²) in [5, 5.41) is 0. The maximum Gasteiger partial charge on any atom is 0.170 e. The quantitative estimate of drug-likeness (QED) is 0.408. The Bertz CT molecular complexity index is 292. The third-order valence-electron chi connectivity index (χ3n) is 2.15. The minimum Gasteiger partial charge on any atom is -0.420 e. The zero-order valence-electron chi connectivity index (χ0n) is 11.1. The molecular formula is C13H22Cl2OSi. The van der Waals surface area contributed by atoms with Crippen LogP contribution in [0.2, 0.25) is 13.1 Å². The molecule has 98 valence electrons. The van der Waals surface area contributed by atoms with Gasteiger partial charge in [0.05, 0.1) is 5.92 Å². The van der Waals surface area contributed by atoms with Crippen LogP contribution in [-0.2, 0) is 4.43 Å². The average molecular weight is 293 g/mol. The molecule has 2 atom stereocenters. The Morgan fingerprint density at radius 3 is 2.41 bits per heavy atom. The van der Waals surface area contributed by atoms with Gasteiger partial charge in [-0.1, -0.05) is 25.3 Å². The van der Waals surface area contributed by atoms with Crippen molar-refractivity contribution in [2.24, 2.45) is 11.8 Å². The molecule has 0 rings (SSSR count). The molecule has 0 saturated heterocycles. The molecule has 0 N–H and O–H groups in total. The van der Waals surface area contributed by atoms with Crippen LogP contribution in [0.15, 0.2) is 12.2 Å². The van der Waals surface area contributed by atoms with Crippen molar-refractivity contribution in [3.05, 3.63) is 12.2 Å². The molecule has 4 heteroatoms. The first-order chi connectivity index (χ1) is 7.82. The molecule has 0 fully saturated rings. The van der Waals surface area contributed by atoms with E-state index < -0.39 is 13.9 Å². The van der Waals surface area contributed by atoms with Crippen LogP contribution in [0.5, 0.6) is 0 Å². The van der Waals surface area contributed by atoms with E-state index in [2.05, 4.69) is 38.4 Å². The highest BCUT2D eigenvalue weighted by Crippen LogP contribution is 2.22. The summed E-state index contributed by atoms with van der Waals surface area (Å²) in [4.78, 5) is -0.458. The Balaban J connectivity index is 4.27. The van der Waals surface area contributed by atoms with E-state index in [1.165, 1.54) is 0 Å².